The maximum Gasteiger partial charge on any atom is 0.243 e. The molecule has 120 valence electrons. The number of hydrogen-bond acceptors (Lipinski definition) is 4. The Morgan fingerprint density at radius 2 is 1.43 bits per heavy atom. The Balaban J connectivity index is 1.92. The van der Waals surface area contributed by atoms with Crippen LogP contribution in [0.5, 0.6) is 11.5 Å². The van der Waals surface area contributed by atoms with Gasteiger partial charge in [0, 0.05) is 5.69 Å². The summed E-state index contributed by atoms with van der Waals surface area (Å²) in [6.07, 6.45) is 1.98. The molecule has 1 saturated heterocycles. The van der Waals surface area contributed by atoms with Gasteiger partial charge in [0.25, 0.3) is 0 Å². The number of benzene rings is 2. The molecule has 2 aromatic carbocycles. The number of anilines is 1. The molecule has 0 spiro atoms. The Labute approximate surface area is 140 Å². The predicted octanol–water partition coefficient (Wildman–Crippen LogP) is 3.52. The molecule has 23 heavy (non-hydrogen) atoms. The Bertz CT molecular complexity index is 684. The fourth-order valence-electron chi connectivity index (χ4n) is 2.85. The summed E-state index contributed by atoms with van der Waals surface area (Å²) in [6, 6.07) is 15.5. The first-order chi connectivity index (χ1) is 11.2. The van der Waals surface area contributed by atoms with Crippen molar-refractivity contribution in [1.82, 2.24) is 0 Å². The van der Waals surface area contributed by atoms with E-state index in [1.807, 2.05) is 59.7 Å². The van der Waals surface area contributed by atoms with Crippen molar-refractivity contribution in [2.75, 3.05) is 25.4 Å². The molecule has 0 radical (unpaired) electrons. The van der Waals surface area contributed by atoms with E-state index in [0.717, 1.165) is 22.7 Å². The van der Waals surface area contributed by atoms with Gasteiger partial charge < -0.3 is 14.4 Å². The highest BCUT2D eigenvalue weighted by Gasteiger charge is 2.48. The number of amides is 1. The van der Waals surface area contributed by atoms with E-state index in [9.17, 15) is 4.79 Å². The smallest absolute Gasteiger partial charge is 0.243 e. The average Bonchev–Trinajstić information content (AvgIpc) is 2.61. The van der Waals surface area contributed by atoms with Gasteiger partial charge in [0.15, 0.2) is 0 Å². The first-order valence-electron chi connectivity index (χ1n) is 7.33. The Morgan fingerprint density at radius 1 is 0.913 bits per heavy atom. The lowest BCUT2D eigenvalue weighted by molar-refractivity contribution is -0.123. The second kappa shape index (κ2) is 6.54. The molecule has 2 aromatic rings. The van der Waals surface area contributed by atoms with E-state index in [1.165, 1.54) is 0 Å². The second-order valence-electron chi connectivity index (χ2n) is 5.28. The average molecular weight is 329 g/mol. The van der Waals surface area contributed by atoms with Crippen molar-refractivity contribution >= 4 is 23.4 Å². The van der Waals surface area contributed by atoms with Crippen LogP contribution in [-0.2, 0) is 4.79 Å². The van der Waals surface area contributed by atoms with Crippen LogP contribution in [0.4, 0.5) is 5.69 Å². The number of carbonyl (C=O) groups is 1. The zero-order valence-corrected chi connectivity index (χ0v) is 14.2. The van der Waals surface area contributed by atoms with Crippen molar-refractivity contribution in [3.8, 4) is 11.5 Å². The van der Waals surface area contributed by atoms with Gasteiger partial charge in [-0.25, -0.2) is 0 Å². The van der Waals surface area contributed by atoms with Gasteiger partial charge in [0.1, 0.15) is 16.7 Å². The van der Waals surface area contributed by atoms with E-state index >= 15 is 0 Å². The van der Waals surface area contributed by atoms with Crippen LogP contribution >= 0.6 is 11.8 Å². The normalized spacial score (nSPS) is 20.1. The van der Waals surface area contributed by atoms with Crippen LogP contribution in [0.25, 0.3) is 0 Å². The molecule has 1 aliphatic rings. The van der Waals surface area contributed by atoms with Gasteiger partial charge in [-0.05, 0) is 48.2 Å². The van der Waals surface area contributed by atoms with Crippen molar-refractivity contribution in [3.63, 3.8) is 0 Å². The molecule has 1 heterocycles. The number of rotatable bonds is 5. The minimum absolute atomic E-state index is 0.0387. The minimum atomic E-state index is -0.0505. The third-order valence-electron chi connectivity index (χ3n) is 4.11. The molecule has 0 unspecified atom stereocenters. The lowest BCUT2D eigenvalue weighted by Gasteiger charge is -2.46. The van der Waals surface area contributed by atoms with Gasteiger partial charge in [-0.15, -0.1) is 11.8 Å². The van der Waals surface area contributed by atoms with Gasteiger partial charge >= 0.3 is 0 Å². The van der Waals surface area contributed by atoms with E-state index in [0.29, 0.717) is 0 Å². The molecule has 1 amide bonds. The van der Waals surface area contributed by atoms with Crippen LogP contribution in [0.2, 0.25) is 0 Å². The largest absolute Gasteiger partial charge is 0.497 e. The zero-order valence-electron chi connectivity index (χ0n) is 13.4. The standard InChI is InChI=1S/C18H19NO3S/c1-21-14-8-4-12(5-9-14)16-17(23-3)18(20)19(16)13-6-10-15(22-2)11-7-13/h4-11,16-17H,1-3H3/t16-,17+/m1/s1. The summed E-state index contributed by atoms with van der Waals surface area (Å²) in [5, 5.41) is -0.0505. The fraction of sp³-hybridized carbons (Fsp3) is 0.278. The summed E-state index contributed by atoms with van der Waals surface area (Å²) < 4.78 is 10.4. The van der Waals surface area contributed by atoms with Crippen LogP contribution in [0.15, 0.2) is 48.5 Å². The van der Waals surface area contributed by atoms with Gasteiger partial charge in [0.05, 0.1) is 20.3 Å². The third kappa shape index (κ3) is 2.77. The summed E-state index contributed by atoms with van der Waals surface area (Å²) >= 11 is 1.59. The van der Waals surface area contributed by atoms with Crippen LogP contribution in [0.3, 0.4) is 0 Å². The van der Waals surface area contributed by atoms with Crippen LogP contribution in [0.1, 0.15) is 11.6 Å². The fourth-order valence-corrected chi connectivity index (χ4v) is 3.70. The third-order valence-corrected chi connectivity index (χ3v) is 5.07. The SMILES string of the molecule is COc1ccc([C@@H]2[C@H](SC)C(=O)N2c2ccc(OC)cc2)cc1. The second-order valence-corrected chi connectivity index (χ2v) is 6.26. The van der Waals surface area contributed by atoms with Crippen molar-refractivity contribution in [3.05, 3.63) is 54.1 Å². The van der Waals surface area contributed by atoms with E-state index in [2.05, 4.69) is 0 Å². The molecule has 3 rings (SSSR count). The van der Waals surface area contributed by atoms with E-state index in [-0.39, 0.29) is 17.2 Å². The Kier molecular flexibility index (Phi) is 4.48. The van der Waals surface area contributed by atoms with E-state index in [4.69, 9.17) is 9.47 Å². The Morgan fingerprint density at radius 3 is 1.91 bits per heavy atom. The summed E-state index contributed by atoms with van der Waals surface area (Å²) in [6.45, 7) is 0. The lowest BCUT2D eigenvalue weighted by Crippen LogP contribution is -2.57. The number of ether oxygens (including phenoxy) is 2. The molecule has 0 aliphatic carbocycles. The number of carbonyl (C=O) groups excluding carboxylic acids is 1. The molecule has 0 saturated carbocycles. The highest BCUT2D eigenvalue weighted by atomic mass is 32.2. The molecular formula is C18H19NO3S. The van der Waals surface area contributed by atoms with E-state index in [1.54, 1.807) is 26.0 Å². The predicted molar refractivity (Wildman–Crippen MR) is 93.5 cm³/mol. The van der Waals surface area contributed by atoms with Gasteiger partial charge in [0.2, 0.25) is 5.91 Å². The van der Waals surface area contributed by atoms with Crippen LogP contribution < -0.4 is 14.4 Å². The lowest BCUT2D eigenvalue weighted by atomic mass is 9.92. The maximum absolute atomic E-state index is 12.5. The van der Waals surface area contributed by atoms with Crippen molar-refractivity contribution in [2.24, 2.45) is 0 Å². The first kappa shape index (κ1) is 15.7. The number of nitrogens with zero attached hydrogens (tertiary/aromatic N) is 1. The van der Waals surface area contributed by atoms with Crippen molar-refractivity contribution in [2.45, 2.75) is 11.3 Å². The quantitative estimate of drug-likeness (QED) is 0.787. The molecule has 2 atom stereocenters. The van der Waals surface area contributed by atoms with Gasteiger partial charge in [-0.1, -0.05) is 12.1 Å². The van der Waals surface area contributed by atoms with Gasteiger partial charge in [-0.3, -0.25) is 4.79 Å². The number of β-lactam (4-membered cyclic amide) rings is 1. The number of hydrogen-bond donors (Lipinski definition) is 0. The monoisotopic (exact) mass is 329 g/mol. The topological polar surface area (TPSA) is 38.8 Å². The molecule has 1 fully saturated rings. The summed E-state index contributed by atoms with van der Waals surface area (Å²) in [7, 11) is 3.28. The number of methoxy groups -OCH3 is 2. The minimum Gasteiger partial charge on any atom is -0.497 e. The van der Waals surface area contributed by atoms with Crippen LogP contribution in [-0.4, -0.2) is 31.6 Å². The summed E-state index contributed by atoms with van der Waals surface area (Å²) in [5.41, 5.74) is 2.00. The van der Waals surface area contributed by atoms with Crippen molar-refractivity contribution < 1.29 is 14.3 Å². The van der Waals surface area contributed by atoms with Gasteiger partial charge in [-0.2, -0.15) is 0 Å². The maximum atomic E-state index is 12.5. The molecule has 4 nitrogen and oxygen atoms in total. The Hall–Kier alpha value is -2.14. The molecule has 1 aliphatic heterocycles. The highest BCUT2D eigenvalue weighted by molar-refractivity contribution is 8.00. The summed E-state index contributed by atoms with van der Waals surface area (Å²) in [5.74, 6) is 1.74. The van der Waals surface area contributed by atoms with E-state index < -0.39 is 0 Å². The van der Waals surface area contributed by atoms with Crippen LogP contribution in [0, 0.1) is 0 Å². The molecule has 0 aromatic heterocycles. The molecule has 0 N–H and O–H groups in total. The molecule has 0 bridgehead atoms. The molecular weight excluding hydrogens is 310 g/mol. The number of thioether (sulfide) groups is 1. The van der Waals surface area contributed by atoms with Crippen molar-refractivity contribution in [1.29, 1.82) is 0 Å². The zero-order chi connectivity index (χ0) is 16.4. The summed E-state index contributed by atoms with van der Waals surface area (Å²) in [4.78, 5) is 14.4. The highest BCUT2D eigenvalue weighted by Crippen LogP contribution is 2.44. The molecule has 5 heteroatoms. The first-order valence-corrected chi connectivity index (χ1v) is 8.62.